The molecule has 5 atom stereocenters. The number of aliphatic hydroxyl groups excluding tert-OH is 5. The van der Waals surface area contributed by atoms with Crippen molar-refractivity contribution in [2.24, 2.45) is 0 Å². The average Bonchev–Trinajstić information content (AvgIpc) is 2.67. The SMILES string of the molecule is CCCCCCC(CCCCC)OC(=O)NC[C@H](O)[C@@H](O)[C@H](O)[C@H](O)CO. The van der Waals surface area contributed by atoms with Gasteiger partial charge in [0.15, 0.2) is 0 Å². The molecule has 0 aliphatic rings. The first kappa shape index (κ1) is 26.1. The third-order valence-corrected chi connectivity index (χ3v) is 4.56. The number of amides is 1. The quantitative estimate of drug-likeness (QED) is 0.216. The minimum atomic E-state index is -1.72. The lowest BCUT2D eigenvalue weighted by molar-refractivity contribution is -0.113. The van der Waals surface area contributed by atoms with E-state index < -0.39 is 37.1 Å². The largest absolute Gasteiger partial charge is 0.446 e. The van der Waals surface area contributed by atoms with Crippen LogP contribution in [0.4, 0.5) is 4.79 Å². The van der Waals surface area contributed by atoms with Crippen molar-refractivity contribution in [3.05, 3.63) is 0 Å². The van der Waals surface area contributed by atoms with Gasteiger partial charge in [0.05, 0.1) is 12.7 Å². The second-order valence-electron chi connectivity index (χ2n) is 7.05. The highest BCUT2D eigenvalue weighted by Crippen LogP contribution is 2.15. The topological polar surface area (TPSA) is 139 Å². The predicted octanol–water partition coefficient (Wildman–Crippen LogP) is 1.07. The molecule has 0 aromatic heterocycles. The minimum Gasteiger partial charge on any atom is -0.446 e. The fourth-order valence-corrected chi connectivity index (χ4v) is 2.75. The molecule has 0 rings (SSSR count). The van der Waals surface area contributed by atoms with E-state index in [1.165, 1.54) is 0 Å². The molecule has 0 aromatic carbocycles. The number of unbranched alkanes of at least 4 members (excludes halogenated alkanes) is 5. The van der Waals surface area contributed by atoms with Crippen LogP contribution in [0.15, 0.2) is 0 Å². The van der Waals surface area contributed by atoms with Crippen LogP contribution in [-0.4, -0.2) is 75.3 Å². The smallest absolute Gasteiger partial charge is 0.407 e. The van der Waals surface area contributed by atoms with Crippen LogP contribution in [0.2, 0.25) is 0 Å². The van der Waals surface area contributed by atoms with Gasteiger partial charge in [-0.05, 0) is 25.7 Å². The van der Waals surface area contributed by atoms with Crippen LogP contribution in [0.1, 0.15) is 71.6 Å². The molecule has 0 fully saturated rings. The van der Waals surface area contributed by atoms with E-state index in [1.807, 2.05) is 0 Å². The van der Waals surface area contributed by atoms with Gasteiger partial charge in [-0.3, -0.25) is 0 Å². The van der Waals surface area contributed by atoms with Crippen molar-refractivity contribution >= 4 is 6.09 Å². The monoisotopic (exact) mass is 393 g/mol. The summed E-state index contributed by atoms with van der Waals surface area (Å²) in [5.74, 6) is 0. The lowest BCUT2D eigenvalue weighted by atomic mass is 10.0. The summed E-state index contributed by atoms with van der Waals surface area (Å²) in [6.45, 7) is 3.15. The summed E-state index contributed by atoms with van der Waals surface area (Å²) in [6, 6.07) is 0. The van der Waals surface area contributed by atoms with Gasteiger partial charge in [0, 0.05) is 6.54 Å². The highest BCUT2D eigenvalue weighted by atomic mass is 16.6. The van der Waals surface area contributed by atoms with Crippen molar-refractivity contribution in [2.45, 2.75) is 102 Å². The van der Waals surface area contributed by atoms with Gasteiger partial charge in [0.25, 0.3) is 0 Å². The normalized spacial score (nSPS) is 17.0. The molecule has 0 aliphatic heterocycles. The molecule has 0 bridgehead atoms. The Morgan fingerprint density at radius 3 is 1.93 bits per heavy atom. The van der Waals surface area contributed by atoms with Gasteiger partial charge in [0.2, 0.25) is 0 Å². The zero-order valence-electron chi connectivity index (χ0n) is 16.7. The second kappa shape index (κ2) is 16.1. The molecular weight excluding hydrogens is 354 g/mol. The summed E-state index contributed by atoms with van der Waals surface area (Å²) >= 11 is 0. The van der Waals surface area contributed by atoms with Gasteiger partial charge in [-0.2, -0.15) is 0 Å². The third kappa shape index (κ3) is 12.2. The number of carbonyl (C=O) groups excluding carboxylic acids is 1. The first-order valence-electron chi connectivity index (χ1n) is 10.1. The van der Waals surface area contributed by atoms with Crippen LogP contribution in [0, 0.1) is 0 Å². The molecule has 1 amide bonds. The molecule has 27 heavy (non-hydrogen) atoms. The van der Waals surface area contributed by atoms with Crippen molar-refractivity contribution in [1.29, 1.82) is 0 Å². The van der Waals surface area contributed by atoms with E-state index in [0.29, 0.717) is 0 Å². The third-order valence-electron chi connectivity index (χ3n) is 4.56. The Labute approximate surface area is 162 Å². The van der Waals surface area contributed by atoms with Crippen molar-refractivity contribution in [2.75, 3.05) is 13.2 Å². The van der Waals surface area contributed by atoms with Crippen LogP contribution >= 0.6 is 0 Å². The van der Waals surface area contributed by atoms with Crippen LogP contribution in [0.25, 0.3) is 0 Å². The second-order valence-corrected chi connectivity index (χ2v) is 7.05. The Balaban J connectivity index is 4.35. The number of rotatable bonds is 16. The van der Waals surface area contributed by atoms with Gasteiger partial charge >= 0.3 is 6.09 Å². The summed E-state index contributed by atoms with van der Waals surface area (Å²) in [6.07, 6.45) is 1.74. The number of hydrogen-bond acceptors (Lipinski definition) is 7. The average molecular weight is 394 g/mol. The maximum atomic E-state index is 12.0. The molecule has 8 nitrogen and oxygen atoms in total. The number of aliphatic hydroxyl groups is 5. The highest BCUT2D eigenvalue weighted by Gasteiger charge is 2.30. The number of carbonyl (C=O) groups is 1. The van der Waals surface area contributed by atoms with Crippen LogP contribution in [0.5, 0.6) is 0 Å². The Morgan fingerprint density at radius 2 is 1.37 bits per heavy atom. The molecule has 6 N–H and O–H groups in total. The maximum Gasteiger partial charge on any atom is 0.407 e. The van der Waals surface area contributed by atoms with E-state index in [2.05, 4.69) is 19.2 Å². The summed E-state index contributed by atoms with van der Waals surface area (Å²) < 4.78 is 5.44. The predicted molar refractivity (Wildman–Crippen MR) is 102 cm³/mol. The Bertz CT molecular complexity index is 370. The summed E-state index contributed by atoms with van der Waals surface area (Å²) in [5.41, 5.74) is 0. The van der Waals surface area contributed by atoms with Crippen LogP contribution < -0.4 is 5.32 Å². The maximum absolute atomic E-state index is 12.0. The Hall–Kier alpha value is -0.930. The Morgan fingerprint density at radius 1 is 0.852 bits per heavy atom. The lowest BCUT2D eigenvalue weighted by Crippen LogP contribution is -2.49. The molecule has 8 heteroatoms. The van der Waals surface area contributed by atoms with Gasteiger partial charge in [-0.1, -0.05) is 46.0 Å². The van der Waals surface area contributed by atoms with Crippen LogP contribution in [-0.2, 0) is 4.74 Å². The number of hydrogen-bond donors (Lipinski definition) is 6. The number of alkyl carbamates (subject to hydrolysis) is 1. The standard InChI is InChI=1S/C19H39NO7/c1-3-5-7-9-11-14(10-8-6-4-2)27-19(26)20-12-15(22)17(24)18(25)16(23)13-21/h14-18,21-25H,3-13H2,1-2H3,(H,20,26)/t14?,15-,16+,17+,18+/m0/s1. The van der Waals surface area contributed by atoms with E-state index >= 15 is 0 Å². The summed E-state index contributed by atoms with van der Waals surface area (Å²) in [7, 11) is 0. The molecule has 0 heterocycles. The van der Waals surface area contributed by atoms with Gasteiger partial charge < -0.3 is 35.6 Å². The van der Waals surface area contributed by atoms with Gasteiger partial charge in [0.1, 0.15) is 24.4 Å². The van der Waals surface area contributed by atoms with E-state index in [1.54, 1.807) is 0 Å². The first-order chi connectivity index (χ1) is 12.9. The minimum absolute atomic E-state index is 0.183. The van der Waals surface area contributed by atoms with Crippen molar-refractivity contribution in [3.8, 4) is 0 Å². The highest BCUT2D eigenvalue weighted by molar-refractivity contribution is 5.67. The van der Waals surface area contributed by atoms with E-state index in [0.717, 1.165) is 57.8 Å². The molecule has 1 unspecified atom stereocenters. The van der Waals surface area contributed by atoms with Crippen molar-refractivity contribution in [1.82, 2.24) is 5.32 Å². The molecular formula is C19H39NO7. The molecule has 0 aromatic rings. The van der Waals surface area contributed by atoms with Gasteiger partial charge in [-0.25, -0.2) is 4.79 Å². The fraction of sp³-hybridized carbons (Fsp3) is 0.947. The number of ether oxygens (including phenoxy) is 1. The van der Waals surface area contributed by atoms with E-state index in [-0.39, 0.29) is 12.6 Å². The van der Waals surface area contributed by atoms with Crippen LogP contribution in [0.3, 0.4) is 0 Å². The Kier molecular flexibility index (Phi) is 15.5. The summed E-state index contributed by atoms with van der Waals surface area (Å²) in [4.78, 5) is 12.0. The molecule has 0 aliphatic carbocycles. The molecule has 0 spiro atoms. The van der Waals surface area contributed by atoms with Crippen molar-refractivity contribution < 1.29 is 35.1 Å². The summed E-state index contributed by atoms with van der Waals surface area (Å²) in [5, 5.41) is 49.5. The zero-order valence-corrected chi connectivity index (χ0v) is 16.7. The molecule has 0 radical (unpaired) electrons. The molecule has 0 saturated carbocycles. The van der Waals surface area contributed by atoms with Crippen molar-refractivity contribution in [3.63, 3.8) is 0 Å². The zero-order chi connectivity index (χ0) is 20.7. The fourth-order valence-electron chi connectivity index (χ4n) is 2.75. The van der Waals surface area contributed by atoms with E-state index in [9.17, 15) is 25.2 Å². The molecule has 0 saturated heterocycles. The lowest BCUT2D eigenvalue weighted by Gasteiger charge is -2.26. The van der Waals surface area contributed by atoms with Gasteiger partial charge in [-0.15, -0.1) is 0 Å². The first-order valence-corrected chi connectivity index (χ1v) is 10.1. The molecule has 162 valence electrons. The van der Waals surface area contributed by atoms with E-state index in [4.69, 9.17) is 9.84 Å². The number of nitrogens with one attached hydrogen (secondary N) is 1.